The number of nitrogens with zero attached hydrogens (tertiary/aromatic N) is 4. The summed E-state index contributed by atoms with van der Waals surface area (Å²) < 4.78 is 36.6. The van der Waals surface area contributed by atoms with Gasteiger partial charge in [-0.1, -0.05) is 0 Å². The second-order valence-electron chi connectivity index (χ2n) is 4.20. The third kappa shape index (κ3) is 2.27. The summed E-state index contributed by atoms with van der Waals surface area (Å²) in [5.74, 6) is 0.262. The minimum Gasteiger partial charge on any atom is -0.494 e. The van der Waals surface area contributed by atoms with Crippen molar-refractivity contribution in [3.8, 4) is 11.5 Å². The fraction of sp³-hybridized carbons (Fsp3) is 0.250. The standard InChI is InChI=1S/C12H9BrF2N4O2/c1-5-10-18-17-9-7(19(10)11(13)16-5)3-6(21-12(14)15)4-8(9)20-2/h3-4,12H,1-2H3. The zero-order chi connectivity index (χ0) is 15.1. The van der Waals surface area contributed by atoms with Crippen LogP contribution in [-0.2, 0) is 0 Å². The normalized spacial score (nSPS) is 11.5. The Hall–Kier alpha value is -2.03. The second kappa shape index (κ2) is 5.06. The molecule has 0 spiro atoms. The highest BCUT2D eigenvalue weighted by atomic mass is 79.9. The first kappa shape index (κ1) is 13.9. The molecule has 2 heterocycles. The number of fused-ring (bicyclic) bond motifs is 3. The van der Waals surface area contributed by atoms with Gasteiger partial charge in [-0.15, -0.1) is 10.2 Å². The Morgan fingerprint density at radius 2 is 2.05 bits per heavy atom. The van der Waals surface area contributed by atoms with Gasteiger partial charge in [0.1, 0.15) is 5.75 Å². The second-order valence-corrected chi connectivity index (χ2v) is 4.91. The number of ether oxygens (including phenoxy) is 2. The predicted octanol–water partition coefficient (Wildman–Crippen LogP) is 2.96. The summed E-state index contributed by atoms with van der Waals surface area (Å²) in [5.41, 5.74) is 2.10. The molecule has 0 radical (unpaired) electrons. The average molecular weight is 359 g/mol. The van der Waals surface area contributed by atoms with Gasteiger partial charge in [-0.25, -0.2) is 4.98 Å². The van der Waals surface area contributed by atoms with E-state index in [1.54, 1.807) is 11.3 Å². The van der Waals surface area contributed by atoms with Crippen LogP contribution in [0.3, 0.4) is 0 Å². The van der Waals surface area contributed by atoms with Gasteiger partial charge in [-0.2, -0.15) is 8.78 Å². The van der Waals surface area contributed by atoms with Gasteiger partial charge in [-0.05, 0) is 22.9 Å². The van der Waals surface area contributed by atoms with Crippen molar-refractivity contribution < 1.29 is 18.3 Å². The molecule has 9 heteroatoms. The maximum absolute atomic E-state index is 12.4. The van der Waals surface area contributed by atoms with Gasteiger partial charge in [0, 0.05) is 12.1 Å². The Bertz CT molecular complexity index is 837. The first-order chi connectivity index (χ1) is 10.0. The van der Waals surface area contributed by atoms with Crippen LogP contribution in [0.25, 0.3) is 16.7 Å². The third-order valence-electron chi connectivity index (χ3n) is 2.94. The predicted molar refractivity (Wildman–Crippen MR) is 73.9 cm³/mol. The molecule has 0 aliphatic rings. The highest BCUT2D eigenvalue weighted by Crippen LogP contribution is 2.32. The molecule has 0 saturated carbocycles. The smallest absolute Gasteiger partial charge is 0.387 e. The van der Waals surface area contributed by atoms with E-state index in [0.717, 1.165) is 0 Å². The highest BCUT2D eigenvalue weighted by molar-refractivity contribution is 9.10. The van der Waals surface area contributed by atoms with E-state index in [-0.39, 0.29) is 11.5 Å². The molecule has 0 atom stereocenters. The van der Waals surface area contributed by atoms with E-state index >= 15 is 0 Å². The van der Waals surface area contributed by atoms with Crippen LogP contribution in [0.1, 0.15) is 5.69 Å². The zero-order valence-electron chi connectivity index (χ0n) is 11.0. The molecule has 2 aromatic heterocycles. The lowest BCUT2D eigenvalue weighted by Gasteiger charge is -2.10. The molecular formula is C12H9BrF2N4O2. The Kier molecular flexibility index (Phi) is 3.36. The molecule has 3 aromatic rings. The molecule has 0 fully saturated rings. The number of alkyl halides is 2. The van der Waals surface area contributed by atoms with Gasteiger partial charge in [-0.3, -0.25) is 4.40 Å². The molecule has 1 aromatic carbocycles. The van der Waals surface area contributed by atoms with Crippen molar-refractivity contribution in [2.75, 3.05) is 7.11 Å². The Morgan fingerprint density at radius 1 is 1.29 bits per heavy atom. The van der Waals surface area contributed by atoms with Crippen molar-refractivity contribution in [2.45, 2.75) is 13.5 Å². The Morgan fingerprint density at radius 3 is 2.71 bits per heavy atom. The van der Waals surface area contributed by atoms with E-state index in [1.165, 1.54) is 19.2 Å². The summed E-state index contributed by atoms with van der Waals surface area (Å²) in [4.78, 5) is 4.23. The van der Waals surface area contributed by atoms with Gasteiger partial charge in [0.25, 0.3) is 0 Å². The molecule has 110 valence electrons. The Labute approximate surface area is 125 Å². The van der Waals surface area contributed by atoms with Crippen LogP contribution < -0.4 is 9.47 Å². The van der Waals surface area contributed by atoms with E-state index in [4.69, 9.17) is 4.74 Å². The lowest BCUT2D eigenvalue weighted by molar-refractivity contribution is -0.0498. The van der Waals surface area contributed by atoms with Crippen LogP contribution >= 0.6 is 15.9 Å². The molecule has 0 amide bonds. The lowest BCUT2D eigenvalue weighted by Crippen LogP contribution is -2.04. The zero-order valence-corrected chi connectivity index (χ0v) is 12.6. The SMILES string of the molecule is COc1cc(OC(F)F)cc2c1nnc1c(C)nc(Br)n12. The quantitative estimate of drug-likeness (QED) is 0.720. The molecule has 0 N–H and O–H groups in total. The number of halogens is 3. The third-order valence-corrected chi connectivity index (χ3v) is 3.47. The van der Waals surface area contributed by atoms with Crippen molar-refractivity contribution >= 4 is 32.6 Å². The summed E-state index contributed by atoms with van der Waals surface area (Å²) in [6, 6.07) is 2.78. The van der Waals surface area contributed by atoms with Gasteiger partial charge in [0.2, 0.25) is 0 Å². The minimum absolute atomic E-state index is 0.0260. The monoisotopic (exact) mass is 358 g/mol. The average Bonchev–Trinajstić information content (AvgIpc) is 2.72. The topological polar surface area (TPSA) is 61.5 Å². The molecule has 3 rings (SSSR count). The minimum atomic E-state index is -2.93. The molecule has 0 aliphatic carbocycles. The van der Waals surface area contributed by atoms with E-state index in [0.29, 0.717) is 27.1 Å². The van der Waals surface area contributed by atoms with Crippen molar-refractivity contribution in [3.05, 3.63) is 22.6 Å². The van der Waals surface area contributed by atoms with Crippen LogP contribution in [0.4, 0.5) is 8.78 Å². The fourth-order valence-electron chi connectivity index (χ4n) is 2.08. The number of benzene rings is 1. The summed E-state index contributed by atoms with van der Waals surface area (Å²) in [5, 5.41) is 8.16. The molecule has 0 unspecified atom stereocenters. The number of aromatic nitrogens is 4. The van der Waals surface area contributed by atoms with Crippen LogP contribution in [0.15, 0.2) is 16.9 Å². The fourth-order valence-corrected chi connectivity index (χ4v) is 2.71. The van der Waals surface area contributed by atoms with Crippen molar-refractivity contribution in [2.24, 2.45) is 0 Å². The van der Waals surface area contributed by atoms with Crippen molar-refractivity contribution in [1.82, 2.24) is 19.6 Å². The molecule has 0 bridgehead atoms. The number of methoxy groups -OCH3 is 1. The summed E-state index contributed by atoms with van der Waals surface area (Å²) in [6.07, 6.45) is 0. The van der Waals surface area contributed by atoms with E-state index in [9.17, 15) is 8.78 Å². The van der Waals surface area contributed by atoms with Crippen LogP contribution in [0, 0.1) is 6.92 Å². The van der Waals surface area contributed by atoms with Gasteiger partial charge in [0.05, 0.1) is 18.3 Å². The van der Waals surface area contributed by atoms with E-state index < -0.39 is 6.61 Å². The lowest BCUT2D eigenvalue weighted by atomic mass is 10.2. The first-order valence-corrected chi connectivity index (χ1v) is 6.64. The van der Waals surface area contributed by atoms with Crippen molar-refractivity contribution in [3.63, 3.8) is 0 Å². The molecule has 21 heavy (non-hydrogen) atoms. The highest BCUT2D eigenvalue weighted by Gasteiger charge is 2.17. The molecule has 6 nitrogen and oxygen atoms in total. The van der Waals surface area contributed by atoms with Gasteiger partial charge in [0.15, 0.2) is 21.6 Å². The van der Waals surface area contributed by atoms with Crippen LogP contribution in [0.2, 0.25) is 0 Å². The number of imidazole rings is 1. The number of hydrogen-bond donors (Lipinski definition) is 0. The molecule has 0 aliphatic heterocycles. The summed E-state index contributed by atoms with van der Waals surface area (Å²) in [6.45, 7) is -1.15. The van der Waals surface area contributed by atoms with Crippen LogP contribution in [0.5, 0.6) is 11.5 Å². The maximum Gasteiger partial charge on any atom is 0.387 e. The molecule has 0 saturated heterocycles. The number of hydrogen-bond acceptors (Lipinski definition) is 5. The van der Waals surface area contributed by atoms with E-state index in [1.807, 2.05) is 0 Å². The van der Waals surface area contributed by atoms with E-state index in [2.05, 4.69) is 35.8 Å². The Balaban J connectivity index is 2.39. The number of rotatable bonds is 3. The van der Waals surface area contributed by atoms with Crippen LogP contribution in [-0.4, -0.2) is 33.3 Å². The van der Waals surface area contributed by atoms with Gasteiger partial charge >= 0.3 is 6.61 Å². The van der Waals surface area contributed by atoms with Crippen molar-refractivity contribution in [1.29, 1.82) is 0 Å². The summed E-state index contributed by atoms with van der Waals surface area (Å²) in [7, 11) is 1.42. The van der Waals surface area contributed by atoms with Gasteiger partial charge < -0.3 is 9.47 Å². The summed E-state index contributed by atoms with van der Waals surface area (Å²) >= 11 is 3.32. The maximum atomic E-state index is 12.4. The first-order valence-electron chi connectivity index (χ1n) is 5.85. The molecular weight excluding hydrogens is 350 g/mol. The number of aryl methyl sites for hydroxylation is 1. The largest absolute Gasteiger partial charge is 0.494 e.